The largest absolute Gasteiger partial charge is 0.432 e. The van der Waals surface area contributed by atoms with Gasteiger partial charge in [0.15, 0.2) is 0 Å². The van der Waals surface area contributed by atoms with Gasteiger partial charge in [0.25, 0.3) is 0 Å². The standard InChI is InChI=1S/C36H60O11/c1-18(7-10-23(38)31(2,3)45)19-11-12-33(5)21-8-9-22-34(6,30(44)47-29-28(43)27(42)26(41)20(16-37)46-29)24(39)15-25(40)36(22)17-35(21,36)14-13-32(19,33)4/h18-29,37-43,45H,7-17H2,1-6H3/t18-,19-,20-,21+,22-,23+,24-,25+,26+,27+,28+,29+,32+,33-,34-,35+,36-/m0/s1. The normalized spacial score (nSPS) is 53.6. The van der Waals surface area contributed by atoms with E-state index in [2.05, 4.69) is 20.8 Å². The second-order valence-corrected chi connectivity index (χ2v) is 17.9. The summed E-state index contributed by atoms with van der Waals surface area (Å²) in [6, 6.07) is 0. The smallest absolute Gasteiger partial charge is 0.317 e. The molecule has 0 aromatic heterocycles. The molecule has 0 bridgehead atoms. The first-order valence-electron chi connectivity index (χ1n) is 18.0. The fourth-order valence-corrected chi connectivity index (χ4v) is 12.7. The van der Waals surface area contributed by atoms with Crippen molar-refractivity contribution in [2.75, 3.05) is 6.61 Å². The molecule has 0 amide bonds. The van der Waals surface area contributed by atoms with E-state index in [1.807, 2.05) is 0 Å². The Morgan fingerprint density at radius 3 is 2.19 bits per heavy atom. The summed E-state index contributed by atoms with van der Waals surface area (Å²) in [5, 5.41) is 84.8. The van der Waals surface area contributed by atoms with Crippen LogP contribution in [-0.2, 0) is 14.3 Å². The minimum atomic E-state index is -1.74. The number of hydrogen-bond donors (Lipinski definition) is 8. The maximum Gasteiger partial charge on any atom is 0.317 e. The highest BCUT2D eigenvalue weighted by molar-refractivity contribution is 5.78. The number of hydrogen-bond acceptors (Lipinski definition) is 11. The average molecular weight is 669 g/mol. The van der Waals surface area contributed by atoms with Crippen LogP contribution in [0, 0.1) is 50.7 Å². The van der Waals surface area contributed by atoms with Crippen LogP contribution in [0.1, 0.15) is 106 Å². The Balaban J connectivity index is 1.24. The quantitative estimate of drug-likeness (QED) is 0.175. The van der Waals surface area contributed by atoms with Gasteiger partial charge in [0, 0.05) is 11.8 Å². The molecule has 8 N–H and O–H groups in total. The summed E-state index contributed by atoms with van der Waals surface area (Å²) in [5.41, 5.74) is -3.15. The first-order chi connectivity index (χ1) is 21.8. The Morgan fingerprint density at radius 1 is 0.894 bits per heavy atom. The molecule has 0 aromatic carbocycles. The van der Waals surface area contributed by atoms with Crippen LogP contribution in [-0.4, -0.2) is 108 Å². The Hall–Kier alpha value is -0.890. The van der Waals surface area contributed by atoms with Crippen LogP contribution in [0.5, 0.6) is 0 Å². The molecule has 11 heteroatoms. The van der Waals surface area contributed by atoms with E-state index in [9.17, 15) is 45.6 Å². The van der Waals surface area contributed by atoms with Crippen molar-refractivity contribution in [2.24, 2.45) is 50.7 Å². The van der Waals surface area contributed by atoms with Crippen LogP contribution in [0.3, 0.4) is 0 Å². The molecule has 47 heavy (non-hydrogen) atoms. The number of esters is 1. The van der Waals surface area contributed by atoms with E-state index in [-0.39, 0.29) is 28.6 Å². The van der Waals surface area contributed by atoms with Crippen molar-refractivity contribution in [3.63, 3.8) is 0 Å². The minimum absolute atomic E-state index is 0.0243. The molecule has 6 fully saturated rings. The zero-order valence-corrected chi connectivity index (χ0v) is 29.0. The molecule has 5 aliphatic carbocycles. The Kier molecular flexibility index (Phi) is 8.84. The summed E-state index contributed by atoms with van der Waals surface area (Å²) in [6.07, 6.45) is -2.81. The monoisotopic (exact) mass is 668 g/mol. The van der Waals surface area contributed by atoms with Gasteiger partial charge in [0.2, 0.25) is 6.29 Å². The summed E-state index contributed by atoms with van der Waals surface area (Å²) in [6.45, 7) is 11.5. The lowest BCUT2D eigenvalue weighted by Gasteiger charge is -2.63. The number of aliphatic hydroxyl groups excluding tert-OH is 7. The van der Waals surface area contributed by atoms with Crippen molar-refractivity contribution < 1.29 is 55.1 Å². The fraction of sp³-hybridized carbons (Fsp3) is 0.972. The Morgan fingerprint density at radius 2 is 1.55 bits per heavy atom. The van der Waals surface area contributed by atoms with E-state index < -0.39 is 78.0 Å². The molecule has 0 unspecified atom stereocenters. The zero-order valence-electron chi connectivity index (χ0n) is 29.0. The first kappa shape index (κ1) is 35.9. The molecule has 1 aliphatic heterocycles. The summed E-state index contributed by atoms with van der Waals surface area (Å²) in [5.74, 6) is 0.0620. The van der Waals surface area contributed by atoms with Gasteiger partial charge < -0.3 is 50.3 Å². The van der Waals surface area contributed by atoms with E-state index in [1.165, 1.54) is 0 Å². The van der Waals surface area contributed by atoms with Gasteiger partial charge in [-0.15, -0.1) is 0 Å². The summed E-state index contributed by atoms with van der Waals surface area (Å²) < 4.78 is 11.2. The first-order valence-corrected chi connectivity index (χ1v) is 18.0. The molecule has 6 rings (SSSR count). The van der Waals surface area contributed by atoms with E-state index >= 15 is 0 Å². The number of carbonyl (C=O) groups excluding carboxylic acids is 1. The van der Waals surface area contributed by atoms with Gasteiger partial charge in [0.1, 0.15) is 24.4 Å². The van der Waals surface area contributed by atoms with Crippen molar-refractivity contribution in [1.29, 1.82) is 0 Å². The van der Waals surface area contributed by atoms with Gasteiger partial charge in [-0.2, -0.15) is 0 Å². The number of fused-ring (bicyclic) bond motifs is 2. The Bertz CT molecular complexity index is 1210. The molecule has 6 aliphatic rings. The third-order valence-electron chi connectivity index (χ3n) is 15.8. The van der Waals surface area contributed by atoms with Gasteiger partial charge in [0.05, 0.1) is 35.9 Å². The third-order valence-corrected chi connectivity index (χ3v) is 15.8. The summed E-state index contributed by atoms with van der Waals surface area (Å²) in [4.78, 5) is 14.1. The second-order valence-electron chi connectivity index (χ2n) is 17.9. The van der Waals surface area contributed by atoms with E-state index in [1.54, 1.807) is 20.8 Å². The summed E-state index contributed by atoms with van der Waals surface area (Å²) >= 11 is 0. The predicted octanol–water partition coefficient (Wildman–Crippen LogP) is 1.63. The lowest BCUT2D eigenvalue weighted by Crippen LogP contribution is -2.65. The number of aliphatic hydroxyl groups is 8. The van der Waals surface area contributed by atoms with Crippen LogP contribution in [0.25, 0.3) is 0 Å². The van der Waals surface area contributed by atoms with Crippen LogP contribution < -0.4 is 0 Å². The topological polar surface area (TPSA) is 197 Å². The van der Waals surface area contributed by atoms with Gasteiger partial charge >= 0.3 is 5.97 Å². The molecule has 0 aromatic rings. The van der Waals surface area contributed by atoms with Gasteiger partial charge in [-0.1, -0.05) is 20.8 Å². The highest BCUT2D eigenvalue weighted by Crippen LogP contribution is 2.89. The maximum atomic E-state index is 14.1. The van der Waals surface area contributed by atoms with Crippen LogP contribution in [0.4, 0.5) is 0 Å². The van der Waals surface area contributed by atoms with Crippen LogP contribution >= 0.6 is 0 Å². The fourth-order valence-electron chi connectivity index (χ4n) is 12.7. The maximum absolute atomic E-state index is 14.1. The molecule has 17 atom stereocenters. The number of rotatable bonds is 8. The molecule has 1 heterocycles. The predicted molar refractivity (Wildman–Crippen MR) is 169 cm³/mol. The third kappa shape index (κ3) is 4.80. The van der Waals surface area contributed by atoms with Crippen molar-refractivity contribution in [3.05, 3.63) is 0 Å². The number of carbonyl (C=O) groups is 1. The van der Waals surface area contributed by atoms with Crippen LogP contribution in [0.15, 0.2) is 0 Å². The van der Waals surface area contributed by atoms with Crippen molar-refractivity contribution in [3.8, 4) is 0 Å². The summed E-state index contributed by atoms with van der Waals surface area (Å²) in [7, 11) is 0. The highest BCUT2D eigenvalue weighted by Gasteiger charge is 2.85. The molecule has 11 nitrogen and oxygen atoms in total. The van der Waals surface area contributed by atoms with Crippen LogP contribution in [0.2, 0.25) is 0 Å². The molecular formula is C36H60O11. The van der Waals surface area contributed by atoms with Crippen molar-refractivity contribution in [2.45, 2.75) is 160 Å². The average Bonchev–Trinajstić information content (AvgIpc) is 3.62. The molecule has 0 radical (unpaired) electrons. The second kappa shape index (κ2) is 11.6. The van der Waals surface area contributed by atoms with Gasteiger partial charge in [-0.3, -0.25) is 4.79 Å². The van der Waals surface area contributed by atoms with Crippen molar-refractivity contribution in [1.82, 2.24) is 0 Å². The highest BCUT2D eigenvalue weighted by atomic mass is 16.7. The van der Waals surface area contributed by atoms with E-state index in [0.29, 0.717) is 30.6 Å². The van der Waals surface area contributed by atoms with E-state index in [4.69, 9.17) is 9.47 Å². The SMILES string of the molecule is C[C@@H](CC[C@@H](O)C(C)(C)O)[C@@H]1CC[C@@]2(C)[C@H]3CC[C@H]4[C@](C)(C(=O)O[C@H]5O[C@@H](CO)[C@@H](O)[C@@H](O)[C@H]5O)[C@@H](O)C[C@@H](O)[C@]45C[C@]35CC[C@]12C. The van der Waals surface area contributed by atoms with E-state index in [0.717, 1.165) is 44.9 Å². The van der Waals surface area contributed by atoms with Crippen molar-refractivity contribution >= 4 is 5.97 Å². The lowest BCUT2D eigenvalue weighted by atomic mass is 9.41. The minimum Gasteiger partial charge on any atom is -0.432 e. The van der Waals surface area contributed by atoms with Gasteiger partial charge in [-0.05, 0) is 118 Å². The lowest BCUT2D eigenvalue weighted by molar-refractivity contribution is -0.300. The molecular weight excluding hydrogens is 608 g/mol. The molecule has 270 valence electrons. The molecule has 2 spiro atoms. The number of ether oxygens (including phenoxy) is 2. The van der Waals surface area contributed by atoms with Gasteiger partial charge in [-0.25, -0.2) is 0 Å². The molecule has 1 saturated heterocycles. The Labute approximate surface area is 278 Å². The molecule has 5 saturated carbocycles. The zero-order chi connectivity index (χ0) is 34.7.